The van der Waals surface area contributed by atoms with Crippen LogP contribution in [0.25, 0.3) is 9.69 Å². The zero-order chi connectivity index (χ0) is 43.6. The van der Waals surface area contributed by atoms with Gasteiger partial charge in [-0.25, -0.2) is 0 Å². The van der Waals surface area contributed by atoms with Crippen molar-refractivity contribution in [2.75, 3.05) is 31.7 Å². The highest BCUT2D eigenvalue weighted by atomic mass is 32.8. The van der Waals surface area contributed by atoms with Gasteiger partial charge in [-0.2, -0.15) is 0 Å². The molecule has 56 heavy (non-hydrogen) atoms. The van der Waals surface area contributed by atoms with Gasteiger partial charge >= 0.3 is 17.3 Å². The molecule has 0 heterocycles. The van der Waals surface area contributed by atoms with E-state index in [1.165, 1.54) is 31.4 Å². The summed E-state index contributed by atoms with van der Waals surface area (Å²) in [5, 5.41) is 0. The summed E-state index contributed by atoms with van der Waals surface area (Å²) in [6, 6.07) is 15.4. The standard InChI is InChI=1S/C18H26NO3.C16H25N2.2C2H2.6CH4.3S2.2H2/c1-4-15(2)18(20)22-14-8-6-5-7-13-21-17-11-9-16(19-3)10-12-17;1-5-14(2)8-6-7-13-18(4)16-11-9-15(17-3)10-12-16;2*1-2;;;;;;;3*1-2;;/h3,9-12,15H,4-8,13-14H2,1-2H3;3,9-12,14H,5-8,13H2,1-2,4H3;2*1-2H;6*1H4;;;;2*1H/q2*+1;;;;;;;;;;;;;/i;;;;;;;;;;;;;2*1+1D. The highest BCUT2D eigenvalue weighted by molar-refractivity contribution is 8.08. The minimum atomic E-state index is -0.0847. The minimum Gasteiger partial charge on any atom is -0.494 e. The molecule has 0 N–H and O–H groups in total. The summed E-state index contributed by atoms with van der Waals surface area (Å²) in [5.74, 6) is 1.61. The summed E-state index contributed by atoms with van der Waals surface area (Å²) in [6.45, 7) is 21.2. The van der Waals surface area contributed by atoms with Crippen LogP contribution < -0.4 is 9.64 Å². The lowest BCUT2D eigenvalue weighted by atomic mass is 10.0. The topological polar surface area (TPSA) is 47.5 Å². The molecule has 6 nitrogen and oxygen atoms in total. The maximum absolute atomic E-state index is 11.5. The fourth-order valence-corrected chi connectivity index (χ4v) is 3.83. The molecule has 2 aromatic rings. The third kappa shape index (κ3) is 48.9. The number of benzene rings is 2. The van der Waals surface area contributed by atoms with Gasteiger partial charge in [0.05, 0.1) is 19.1 Å². The SMILES string of the molecule is C.C.C.C.C.C.C#C.C#C.C#[N+]c1ccc(N(C)CCCCC(C)CC)cc1.C#[N+]c1ccc(OCCCCCCOC(=O)C(C)CC)cc1.S=S.S=S.S=S.[2H][2H].[2H][2H]. The number of anilines is 1. The molecule has 2 aromatic carbocycles. The first-order chi connectivity index (χ1) is 26.3. The van der Waals surface area contributed by atoms with Crippen LogP contribution in [0.3, 0.4) is 0 Å². The van der Waals surface area contributed by atoms with Gasteiger partial charge < -0.3 is 14.4 Å². The van der Waals surface area contributed by atoms with Crippen LogP contribution in [0, 0.1) is 50.7 Å². The summed E-state index contributed by atoms with van der Waals surface area (Å²) >= 11 is 22.0. The van der Waals surface area contributed by atoms with Gasteiger partial charge in [0, 0.05) is 117 Å². The third-order valence-electron chi connectivity index (χ3n) is 7.13. The fraction of sp³-hybridized carbons (Fsp3) is 0.568. The van der Waals surface area contributed by atoms with Gasteiger partial charge in [0.25, 0.3) is 13.1 Å². The number of unbranched alkanes of at least 4 members (excludes halogenated alkanes) is 4. The lowest BCUT2D eigenvalue weighted by Gasteiger charge is -2.19. The van der Waals surface area contributed by atoms with Gasteiger partial charge in [0.15, 0.2) is 0 Å². The Labute approximate surface area is 384 Å². The van der Waals surface area contributed by atoms with Crippen molar-refractivity contribution in [2.45, 2.75) is 130 Å². The van der Waals surface area contributed by atoms with E-state index < -0.39 is 0 Å². The van der Waals surface area contributed by atoms with Crippen LogP contribution in [0.15, 0.2) is 48.5 Å². The number of ether oxygens (including phenoxy) is 2. The first-order valence-electron chi connectivity index (χ1n) is 18.0. The second-order valence-electron chi connectivity index (χ2n) is 10.4. The quantitative estimate of drug-likeness (QED) is 0.0872. The van der Waals surface area contributed by atoms with Crippen molar-refractivity contribution in [3.05, 3.63) is 58.2 Å². The van der Waals surface area contributed by atoms with Crippen molar-refractivity contribution in [3.8, 4) is 44.6 Å². The molecule has 0 radical (unpaired) electrons. The number of rotatable bonds is 17. The van der Waals surface area contributed by atoms with Crippen molar-refractivity contribution in [3.63, 3.8) is 0 Å². The second-order valence-corrected chi connectivity index (χ2v) is 10.4. The lowest BCUT2D eigenvalue weighted by Crippen LogP contribution is -2.18. The molecule has 0 fully saturated rings. The molecular weight excluding hydrogens is 811 g/mol. The van der Waals surface area contributed by atoms with Gasteiger partial charge in [0.1, 0.15) is 5.75 Å². The molecule has 0 saturated heterocycles. The van der Waals surface area contributed by atoms with Crippen LogP contribution in [0.1, 0.15) is 136 Å². The first kappa shape index (κ1) is 74.0. The Morgan fingerprint density at radius 2 is 1.09 bits per heavy atom. The third-order valence-corrected chi connectivity index (χ3v) is 7.13. The van der Waals surface area contributed by atoms with Crippen molar-refractivity contribution in [1.29, 1.82) is 0 Å². The Morgan fingerprint density at radius 1 is 0.679 bits per heavy atom. The molecule has 0 amide bonds. The van der Waals surface area contributed by atoms with Crippen LogP contribution in [-0.4, -0.2) is 32.8 Å². The maximum Gasteiger partial charge on any atom is 0.340 e. The zero-order valence-corrected chi connectivity index (χ0v) is 35.1. The monoisotopic (exact) mass is 897 g/mol. The molecule has 2 atom stereocenters. The normalized spacial score (nSPS) is 8.91. The smallest absolute Gasteiger partial charge is 0.340 e. The Hall–Kier alpha value is -3.07. The molecule has 2 unspecified atom stereocenters. The Morgan fingerprint density at radius 3 is 1.48 bits per heavy atom. The van der Waals surface area contributed by atoms with Gasteiger partial charge in [-0.15, -0.1) is 25.7 Å². The largest absolute Gasteiger partial charge is 0.494 e. The van der Waals surface area contributed by atoms with Crippen LogP contribution in [0.4, 0.5) is 17.1 Å². The molecule has 0 aromatic heterocycles. The summed E-state index contributed by atoms with van der Waals surface area (Å²) in [6.07, 6.45) is 26.0. The molecule has 0 saturated carbocycles. The number of nitrogens with zero attached hydrogens (tertiary/aromatic N) is 3. The van der Waals surface area contributed by atoms with Gasteiger partial charge in [-0.3, -0.25) is 4.79 Å². The van der Waals surface area contributed by atoms with E-state index in [1.807, 2.05) is 50.2 Å². The number of esters is 1. The van der Waals surface area contributed by atoms with Crippen LogP contribution >= 0.6 is 0 Å². The molecule has 0 spiro atoms. The number of carbonyl (C=O) groups is 1. The highest BCUT2D eigenvalue weighted by Crippen LogP contribution is 2.20. The van der Waals surface area contributed by atoms with E-state index in [0.29, 0.717) is 13.2 Å². The molecule has 2 rings (SSSR count). The van der Waals surface area contributed by atoms with E-state index >= 15 is 0 Å². The summed E-state index contributed by atoms with van der Waals surface area (Å²) in [4.78, 5) is 21.0. The average molecular weight is 899 g/mol. The van der Waals surface area contributed by atoms with Crippen LogP contribution in [0.5, 0.6) is 5.75 Å². The number of hydrogen-bond acceptors (Lipinski definition) is 10. The summed E-state index contributed by atoms with van der Waals surface area (Å²) in [7, 11) is 2.14. The van der Waals surface area contributed by atoms with Crippen molar-refractivity contribution >= 4 is 90.2 Å². The molecule has 0 aliphatic carbocycles. The Bertz CT molecular complexity index is 1200. The van der Waals surface area contributed by atoms with Crippen molar-refractivity contribution in [2.24, 2.45) is 11.8 Å². The molecular formula is C44H83N3O3S6+2. The van der Waals surface area contributed by atoms with Gasteiger partial charge in [-0.1, -0.05) is 91.5 Å². The van der Waals surface area contributed by atoms with Crippen LogP contribution in [0.2, 0.25) is 0 Å². The molecule has 0 aliphatic rings. The molecule has 0 bridgehead atoms. The van der Waals surface area contributed by atoms with Crippen LogP contribution in [-0.2, 0) is 76.7 Å². The Balaban J connectivity index is -0.0000000482. The van der Waals surface area contributed by atoms with E-state index in [2.05, 4.69) is 140 Å². The number of hydrogen-bond donors (Lipinski definition) is 0. The summed E-state index contributed by atoms with van der Waals surface area (Å²) in [5.41, 5.74) is 2.79. The first-order valence-corrected chi connectivity index (χ1v) is 20.0. The number of carbonyl (C=O) groups excluding carboxylic acids is 1. The fourth-order valence-electron chi connectivity index (χ4n) is 3.83. The highest BCUT2D eigenvalue weighted by Gasteiger charge is 2.11. The van der Waals surface area contributed by atoms with Crippen molar-refractivity contribution in [1.82, 2.24) is 0 Å². The average Bonchev–Trinajstić information content (AvgIpc) is 3.28. The predicted molar refractivity (Wildman–Crippen MR) is 278 cm³/mol. The number of terminal acetylenes is 2. The molecule has 12 heteroatoms. The van der Waals surface area contributed by atoms with E-state index in [-0.39, 0.29) is 56.4 Å². The zero-order valence-electron chi connectivity index (χ0n) is 34.2. The van der Waals surface area contributed by atoms with E-state index in [4.69, 9.17) is 28.6 Å². The molecule has 326 valence electrons. The lowest BCUT2D eigenvalue weighted by molar-refractivity contribution is -0.148. The minimum absolute atomic E-state index is 0. The van der Waals surface area contributed by atoms with Crippen molar-refractivity contribution < 1.29 is 20.2 Å². The summed E-state index contributed by atoms with van der Waals surface area (Å²) < 4.78 is 30.8. The maximum atomic E-state index is 11.5. The second kappa shape index (κ2) is 66.7. The van der Waals surface area contributed by atoms with Gasteiger partial charge in [-0.05, 0) is 78.4 Å². The predicted octanol–water partition coefficient (Wildman–Crippen LogP) is 14.5. The van der Waals surface area contributed by atoms with E-state index in [0.717, 1.165) is 61.7 Å². The van der Waals surface area contributed by atoms with E-state index in [9.17, 15) is 4.79 Å². The van der Waals surface area contributed by atoms with Gasteiger partial charge in [0.2, 0.25) is 0 Å². The Kier molecular flexibility index (Phi) is 88.1. The molecule has 0 aliphatic heterocycles. The van der Waals surface area contributed by atoms with E-state index in [1.54, 1.807) is 0 Å².